The fourth-order valence-corrected chi connectivity index (χ4v) is 2.35. The largest absolute Gasteiger partial charge is 0.348 e. The van der Waals surface area contributed by atoms with E-state index in [-0.39, 0.29) is 11.7 Å². The van der Waals surface area contributed by atoms with Crippen molar-refractivity contribution in [1.82, 2.24) is 10.3 Å². The molecule has 0 bridgehead atoms. The predicted molar refractivity (Wildman–Crippen MR) is 79.3 cm³/mol. The van der Waals surface area contributed by atoms with Gasteiger partial charge in [-0.25, -0.2) is 4.39 Å². The molecule has 0 saturated carbocycles. The van der Waals surface area contributed by atoms with Crippen LogP contribution in [0.5, 0.6) is 0 Å². The van der Waals surface area contributed by atoms with Crippen LogP contribution < -0.4 is 5.32 Å². The number of nitrogens with zero attached hydrogens (tertiary/aromatic N) is 1. The van der Waals surface area contributed by atoms with Gasteiger partial charge in [0.25, 0.3) is 5.91 Å². The lowest BCUT2D eigenvalue weighted by Crippen LogP contribution is -2.24. The molecule has 2 aromatic rings. The molecule has 1 N–H and O–H groups in total. The number of rotatable bonds is 3. The Labute approximate surface area is 124 Å². The number of aryl methyl sites for hydroxylation is 1. The zero-order valence-electron chi connectivity index (χ0n) is 10.3. The highest BCUT2D eigenvalue weighted by Crippen LogP contribution is 2.14. The lowest BCUT2D eigenvalue weighted by atomic mass is 10.1. The molecule has 5 heteroatoms. The predicted octanol–water partition coefficient (Wildman–Crippen LogP) is 3.06. The van der Waals surface area contributed by atoms with E-state index in [1.807, 2.05) is 35.6 Å². The van der Waals surface area contributed by atoms with Crippen molar-refractivity contribution in [1.29, 1.82) is 0 Å². The van der Waals surface area contributed by atoms with Gasteiger partial charge in [-0.15, -0.1) is 0 Å². The quantitative estimate of drug-likeness (QED) is 0.844. The molecule has 0 spiro atoms. The first-order valence-electron chi connectivity index (χ1n) is 5.70. The van der Waals surface area contributed by atoms with Gasteiger partial charge in [0, 0.05) is 22.5 Å². The summed E-state index contributed by atoms with van der Waals surface area (Å²) in [5.74, 6) is -0.559. The van der Waals surface area contributed by atoms with Crippen LogP contribution in [0.1, 0.15) is 21.5 Å². The minimum atomic E-state index is -0.343. The number of pyridine rings is 1. The Bertz CT molecular complexity index is 616. The second-order valence-corrected chi connectivity index (χ2v) is 5.27. The molecular formula is C14H12FIN2O. The zero-order chi connectivity index (χ0) is 13.8. The molecule has 0 unspecified atom stereocenters. The van der Waals surface area contributed by atoms with Crippen LogP contribution in [-0.2, 0) is 6.54 Å². The number of hydrogen-bond acceptors (Lipinski definition) is 2. The summed E-state index contributed by atoms with van der Waals surface area (Å²) in [5.41, 5.74) is 2.51. The molecule has 98 valence electrons. The second-order valence-electron chi connectivity index (χ2n) is 4.11. The minimum Gasteiger partial charge on any atom is -0.348 e. The summed E-state index contributed by atoms with van der Waals surface area (Å²) in [6, 6.07) is 6.00. The van der Waals surface area contributed by atoms with E-state index in [1.165, 1.54) is 18.2 Å². The van der Waals surface area contributed by atoms with E-state index in [1.54, 1.807) is 12.4 Å². The summed E-state index contributed by atoms with van der Waals surface area (Å²) in [4.78, 5) is 16.0. The monoisotopic (exact) mass is 370 g/mol. The third-order valence-electron chi connectivity index (χ3n) is 2.76. The molecule has 19 heavy (non-hydrogen) atoms. The molecule has 0 fully saturated rings. The molecule has 1 heterocycles. The highest BCUT2D eigenvalue weighted by molar-refractivity contribution is 14.1. The Balaban J connectivity index is 2.08. The van der Waals surface area contributed by atoms with Gasteiger partial charge in [0.1, 0.15) is 5.82 Å². The second kappa shape index (κ2) is 6.10. The van der Waals surface area contributed by atoms with Crippen LogP contribution in [0.2, 0.25) is 0 Å². The van der Waals surface area contributed by atoms with Gasteiger partial charge < -0.3 is 5.32 Å². The van der Waals surface area contributed by atoms with Crippen LogP contribution in [0, 0.1) is 16.3 Å². The van der Waals surface area contributed by atoms with Crippen molar-refractivity contribution in [2.45, 2.75) is 13.5 Å². The fourth-order valence-electron chi connectivity index (χ4n) is 1.63. The summed E-state index contributed by atoms with van der Waals surface area (Å²) in [6.07, 6.45) is 3.44. The minimum absolute atomic E-state index is 0.215. The number of benzene rings is 1. The van der Waals surface area contributed by atoms with E-state index < -0.39 is 0 Å². The molecule has 1 aromatic carbocycles. The average molecular weight is 370 g/mol. The lowest BCUT2D eigenvalue weighted by Gasteiger charge is -2.08. The smallest absolute Gasteiger partial charge is 0.252 e. The maximum Gasteiger partial charge on any atom is 0.252 e. The maximum absolute atomic E-state index is 13.0. The average Bonchev–Trinajstić information content (AvgIpc) is 2.37. The van der Waals surface area contributed by atoms with Gasteiger partial charge in [-0.05, 0) is 64.9 Å². The first kappa shape index (κ1) is 13.9. The summed E-state index contributed by atoms with van der Waals surface area (Å²) in [5, 5.41) is 2.81. The highest BCUT2D eigenvalue weighted by atomic mass is 127. The first-order chi connectivity index (χ1) is 9.08. The van der Waals surface area contributed by atoms with E-state index in [0.717, 1.165) is 11.1 Å². The number of carbonyl (C=O) groups excluding carboxylic acids is 1. The van der Waals surface area contributed by atoms with Crippen LogP contribution in [0.4, 0.5) is 4.39 Å². The summed E-state index contributed by atoms with van der Waals surface area (Å²) in [7, 11) is 0. The molecule has 0 atom stereocenters. The van der Waals surface area contributed by atoms with Gasteiger partial charge in [-0.1, -0.05) is 0 Å². The Morgan fingerprint density at radius 1 is 1.42 bits per heavy atom. The summed E-state index contributed by atoms with van der Waals surface area (Å²) in [6.45, 7) is 2.37. The van der Waals surface area contributed by atoms with Crippen molar-refractivity contribution in [2.24, 2.45) is 0 Å². The number of nitrogens with one attached hydrogen (secondary N) is 1. The Morgan fingerprint density at radius 3 is 2.89 bits per heavy atom. The van der Waals surface area contributed by atoms with Crippen molar-refractivity contribution in [3.8, 4) is 0 Å². The van der Waals surface area contributed by atoms with Gasteiger partial charge in [0.15, 0.2) is 0 Å². The fraction of sp³-hybridized carbons (Fsp3) is 0.143. The van der Waals surface area contributed by atoms with E-state index in [0.29, 0.717) is 15.7 Å². The molecule has 1 aromatic heterocycles. The van der Waals surface area contributed by atoms with Gasteiger partial charge in [0.05, 0.1) is 5.56 Å². The Morgan fingerprint density at radius 2 is 2.21 bits per heavy atom. The number of aromatic nitrogens is 1. The van der Waals surface area contributed by atoms with Crippen LogP contribution in [0.3, 0.4) is 0 Å². The third kappa shape index (κ3) is 3.50. The molecule has 0 radical (unpaired) electrons. The van der Waals surface area contributed by atoms with Crippen molar-refractivity contribution in [3.63, 3.8) is 0 Å². The van der Waals surface area contributed by atoms with Crippen LogP contribution in [0.15, 0.2) is 36.7 Å². The van der Waals surface area contributed by atoms with Crippen molar-refractivity contribution < 1.29 is 9.18 Å². The van der Waals surface area contributed by atoms with Crippen molar-refractivity contribution >= 4 is 28.5 Å². The van der Waals surface area contributed by atoms with Crippen LogP contribution in [-0.4, -0.2) is 10.9 Å². The molecule has 1 amide bonds. The highest BCUT2D eigenvalue weighted by Gasteiger charge is 2.10. The lowest BCUT2D eigenvalue weighted by molar-refractivity contribution is 0.0950. The number of hydrogen-bond donors (Lipinski definition) is 1. The third-order valence-corrected chi connectivity index (χ3v) is 3.66. The Kier molecular flexibility index (Phi) is 4.47. The normalized spacial score (nSPS) is 10.3. The number of carbonyl (C=O) groups is 1. The number of halogens is 2. The molecule has 0 aliphatic rings. The zero-order valence-corrected chi connectivity index (χ0v) is 12.4. The van der Waals surface area contributed by atoms with Gasteiger partial charge in [0.2, 0.25) is 0 Å². The molecule has 0 aliphatic heterocycles. The first-order valence-corrected chi connectivity index (χ1v) is 6.78. The summed E-state index contributed by atoms with van der Waals surface area (Å²) < 4.78 is 13.6. The van der Waals surface area contributed by atoms with Crippen molar-refractivity contribution in [3.05, 3.63) is 62.7 Å². The van der Waals surface area contributed by atoms with E-state index in [2.05, 4.69) is 10.3 Å². The molecule has 2 rings (SSSR count). The van der Waals surface area contributed by atoms with E-state index >= 15 is 0 Å². The van der Waals surface area contributed by atoms with Crippen LogP contribution in [0.25, 0.3) is 0 Å². The van der Waals surface area contributed by atoms with E-state index in [4.69, 9.17) is 0 Å². The standard InChI is InChI=1S/C14H12FIN2O/c1-9-4-5-17-7-10(9)8-18-14(19)12-3-2-11(15)6-13(12)16/h2-7H,8H2,1H3,(H,18,19). The van der Waals surface area contributed by atoms with Gasteiger partial charge >= 0.3 is 0 Å². The molecule has 0 aliphatic carbocycles. The van der Waals surface area contributed by atoms with Gasteiger partial charge in [-0.2, -0.15) is 0 Å². The maximum atomic E-state index is 13.0. The van der Waals surface area contributed by atoms with Gasteiger partial charge in [-0.3, -0.25) is 9.78 Å². The molecule has 3 nitrogen and oxygen atoms in total. The SMILES string of the molecule is Cc1ccncc1CNC(=O)c1ccc(F)cc1I. The summed E-state index contributed by atoms with van der Waals surface area (Å²) >= 11 is 1.95. The molecule has 0 saturated heterocycles. The number of amides is 1. The topological polar surface area (TPSA) is 42.0 Å². The Hall–Kier alpha value is -1.50. The molecular weight excluding hydrogens is 358 g/mol. The van der Waals surface area contributed by atoms with Crippen LogP contribution >= 0.6 is 22.6 Å². The van der Waals surface area contributed by atoms with E-state index in [9.17, 15) is 9.18 Å². The van der Waals surface area contributed by atoms with Crippen molar-refractivity contribution in [2.75, 3.05) is 0 Å².